The first-order valence-corrected chi connectivity index (χ1v) is 21.7. The molecule has 0 unspecified atom stereocenters. The molecule has 2 aliphatic heterocycles. The normalized spacial score (nSPS) is 14.3. The van der Waals surface area contributed by atoms with Crippen LogP contribution in [0.1, 0.15) is 36.1 Å². The highest BCUT2D eigenvalue weighted by Crippen LogP contribution is 2.55. The highest BCUT2D eigenvalue weighted by atomic mass is 35.5. The Labute approximate surface area is 352 Å². The van der Waals surface area contributed by atoms with Crippen molar-refractivity contribution in [1.82, 2.24) is 4.57 Å². The van der Waals surface area contributed by atoms with Gasteiger partial charge in [-0.2, -0.15) is 0 Å². The molecular weight excluding hydrogens is 766 g/mol. The van der Waals surface area contributed by atoms with E-state index in [1.54, 1.807) is 0 Å². The smallest absolute Gasteiger partial charge is 0.0601 e. The first kappa shape index (κ1) is 35.3. The third-order valence-corrected chi connectivity index (χ3v) is 13.9. The van der Waals surface area contributed by atoms with Crippen molar-refractivity contribution in [2.75, 3.05) is 9.80 Å². The molecule has 0 N–H and O–H groups in total. The number of nitrogens with zero attached hydrogens (tertiary/aromatic N) is 3. The number of fused-ring (bicyclic) bond motifs is 7. The largest absolute Gasteiger partial charge is 0.316 e. The minimum Gasteiger partial charge on any atom is -0.316 e. The summed E-state index contributed by atoms with van der Waals surface area (Å²) in [5, 5.41) is 2.05. The summed E-state index contributed by atoms with van der Waals surface area (Å²) >= 11 is 10.2. The molecule has 2 aliphatic carbocycles. The van der Waals surface area contributed by atoms with Crippen molar-refractivity contribution in [2.24, 2.45) is 0 Å². The molecule has 6 heteroatoms. The highest BCUT2D eigenvalue weighted by Gasteiger charge is 2.30. The van der Waals surface area contributed by atoms with Gasteiger partial charge in [-0.25, -0.2) is 0 Å². The number of rotatable bonds is 3. The molecule has 3 nitrogen and oxygen atoms in total. The lowest BCUT2D eigenvalue weighted by Crippen LogP contribution is -2.17. The van der Waals surface area contributed by atoms with Crippen molar-refractivity contribution >= 4 is 92.3 Å². The van der Waals surface area contributed by atoms with Gasteiger partial charge in [0.2, 0.25) is 0 Å². The van der Waals surface area contributed by atoms with Gasteiger partial charge in [0.25, 0.3) is 0 Å². The van der Waals surface area contributed by atoms with Gasteiger partial charge in [0.15, 0.2) is 0 Å². The van der Waals surface area contributed by atoms with Crippen LogP contribution in [0.15, 0.2) is 189 Å². The number of aromatic nitrogens is 1. The van der Waals surface area contributed by atoms with E-state index in [0.717, 1.165) is 17.9 Å². The topological polar surface area (TPSA) is 11.4 Å². The number of hydrogen-bond acceptors (Lipinski definition) is 4. The van der Waals surface area contributed by atoms with Gasteiger partial charge < -0.3 is 14.4 Å². The average molecular weight is 804 g/mol. The lowest BCUT2D eigenvalue weighted by atomic mass is 10.0. The summed E-state index contributed by atoms with van der Waals surface area (Å²) in [6.45, 7) is 4.42. The maximum atomic E-state index is 6.49. The van der Waals surface area contributed by atoms with Crippen molar-refractivity contribution in [3.8, 4) is 5.69 Å². The summed E-state index contributed by atoms with van der Waals surface area (Å²) in [4.78, 5) is 9.99. The fourth-order valence-electron chi connectivity index (χ4n) is 8.91. The highest BCUT2D eigenvalue weighted by molar-refractivity contribution is 8.00. The summed E-state index contributed by atoms with van der Waals surface area (Å²) < 4.78 is 2.32. The Morgan fingerprint density at radius 2 is 0.914 bits per heavy atom. The molecular formula is C52H38ClN3S2. The maximum Gasteiger partial charge on any atom is 0.0601 e. The quantitative estimate of drug-likeness (QED) is 0.176. The molecule has 1 aromatic heterocycles. The molecule has 8 aromatic rings. The van der Waals surface area contributed by atoms with E-state index in [1.165, 1.54) is 104 Å². The molecule has 0 amide bonds. The van der Waals surface area contributed by atoms with Gasteiger partial charge in [-0.15, -0.1) is 0 Å². The first-order chi connectivity index (χ1) is 28.5. The fraction of sp³-hybridized carbons (Fsp3) is 0.0769. The molecule has 280 valence electrons. The molecule has 3 heterocycles. The van der Waals surface area contributed by atoms with Crippen LogP contribution in [0.25, 0.3) is 28.7 Å². The minimum absolute atomic E-state index is 0.785. The van der Waals surface area contributed by atoms with E-state index in [0.29, 0.717) is 0 Å². The number of anilines is 6. The van der Waals surface area contributed by atoms with E-state index < -0.39 is 0 Å². The van der Waals surface area contributed by atoms with Gasteiger partial charge in [0.1, 0.15) is 0 Å². The molecule has 0 radical (unpaired) electrons. The predicted molar refractivity (Wildman–Crippen MR) is 247 cm³/mol. The molecule has 0 saturated heterocycles. The van der Waals surface area contributed by atoms with Gasteiger partial charge in [0.05, 0.1) is 39.6 Å². The number of halogens is 1. The van der Waals surface area contributed by atoms with Crippen LogP contribution in [0.3, 0.4) is 0 Å². The van der Waals surface area contributed by atoms with Crippen molar-refractivity contribution in [1.29, 1.82) is 0 Å². The van der Waals surface area contributed by atoms with Crippen LogP contribution in [0.5, 0.6) is 0 Å². The van der Waals surface area contributed by atoms with E-state index in [1.807, 2.05) is 23.5 Å². The van der Waals surface area contributed by atoms with Crippen LogP contribution >= 0.6 is 35.1 Å². The van der Waals surface area contributed by atoms with Crippen LogP contribution in [0, 0.1) is 0 Å². The third-order valence-electron chi connectivity index (χ3n) is 11.4. The van der Waals surface area contributed by atoms with E-state index in [2.05, 4.69) is 198 Å². The summed E-state index contributed by atoms with van der Waals surface area (Å²) in [5.74, 6) is 0. The second-order valence-corrected chi connectivity index (χ2v) is 18.0. The zero-order valence-corrected chi connectivity index (χ0v) is 34.5. The van der Waals surface area contributed by atoms with E-state index in [4.69, 9.17) is 11.6 Å². The summed E-state index contributed by atoms with van der Waals surface area (Å²) in [5.41, 5.74) is 18.0. The van der Waals surface area contributed by atoms with Crippen molar-refractivity contribution < 1.29 is 0 Å². The summed E-state index contributed by atoms with van der Waals surface area (Å²) in [6.07, 6.45) is 8.77. The average Bonchev–Trinajstić information content (AvgIpc) is 3.97. The van der Waals surface area contributed by atoms with Crippen LogP contribution < -0.4 is 9.80 Å². The molecule has 12 rings (SSSR count). The number of hydrogen-bond donors (Lipinski definition) is 0. The van der Waals surface area contributed by atoms with Crippen LogP contribution in [-0.4, -0.2) is 4.57 Å². The standard InChI is InChI=1S/C30H22N2S.C22H16ClNS/c1-20-16-22-18-23(31-15-14-21-8-2-3-9-25(21)31)19-28(24(22)17-20)32-26-10-4-6-12-29(26)33-30-13-7-5-11-27(30)32;1-14-10-15-12-16(23)13-20(17(15)11-14)24-18-6-2-4-8-21(18)25-22-9-5-3-7-19(22)24/h2-16,18-19H,17H2,1H3;2-10,12-13H,11H2,1H3. The molecule has 4 aliphatic rings. The van der Waals surface area contributed by atoms with Gasteiger partial charge in [-0.05, 0) is 139 Å². The Kier molecular flexibility index (Phi) is 8.65. The monoisotopic (exact) mass is 803 g/mol. The molecule has 0 bridgehead atoms. The lowest BCUT2D eigenvalue weighted by molar-refractivity contribution is 1.09. The SMILES string of the molecule is CC1=Cc2cc(-n3ccc4ccccc43)cc(N3c4ccccc4Sc4ccccc43)c2C1.CC1=Cc2cc(Cl)cc(N3c4ccccc4Sc4ccccc43)c2C1. The van der Waals surface area contributed by atoms with E-state index in [9.17, 15) is 0 Å². The molecule has 0 fully saturated rings. The summed E-state index contributed by atoms with van der Waals surface area (Å²) in [7, 11) is 0. The number of allylic oxidation sites excluding steroid dienone is 2. The van der Waals surface area contributed by atoms with Crippen LogP contribution in [-0.2, 0) is 12.8 Å². The fourth-order valence-corrected chi connectivity index (χ4v) is 11.3. The Hall–Kier alpha value is -5.85. The molecule has 7 aromatic carbocycles. The first-order valence-electron chi connectivity index (χ1n) is 19.7. The number of para-hydroxylation sites is 5. The van der Waals surface area contributed by atoms with Crippen molar-refractivity contribution in [3.05, 3.63) is 196 Å². The summed E-state index contributed by atoms with van der Waals surface area (Å²) in [6, 6.07) is 54.4. The molecule has 0 atom stereocenters. The second-order valence-electron chi connectivity index (χ2n) is 15.4. The van der Waals surface area contributed by atoms with Crippen molar-refractivity contribution in [3.63, 3.8) is 0 Å². The Balaban J connectivity index is 0.000000138. The molecule has 0 spiro atoms. The Bertz CT molecular complexity index is 2940. The minimum atomic E-state index is 0.785. The molecule has 0 saturated carbocycles. The van der Waals surface area contributed by atoms with E-state index in [-0.39, 0.29) is 0 Å². The van der Waals surface area contributed by atoms with Gasteiger partial charge in [0, 0.05) is 36.5 Å². The Morgan fingerprint density at radius 3 is 1.45 bits per heavy atom. The van der Waals surface area contributed by atoms with Crippen LogP contribution in [0.4, 0.5) is 34.1 Å². The Morgan fingerprint density at radius 1 is 0.466 bits per heavy atom. The van der Waals surface area contributed by atoms with E-state index >= 15 is 0 Å². The van der Waals surface area contributed by atoms with Gasteiger partial charge in [-0.1, -0.05) is 125 Å². The molecule has 58 heavy (non-hydrogen) atoms. The lowest BCUT2D eigenvalue weighted by Gasteiger charge is -2.34. The predicted octanol–water partition coefficient (Wildman–Crippen LogP) is 15.8. The van der Waals surface area contributed by atoms with Gasteiger partial charge in [-0.3, -0.25) is 0 Å². The van der Waals surface area contributed by atoms with Gasteiger partial charge >= 0.3 is 0 Å². The zero-order chi connectivity index (χ0) is 38.9. The van der Waals surface area contributed by atoms with Crippen molar-refractivity contribution in [2.45, 2.75) is 46.3 Å². The zero-order valence-electron chi connectivity index (χ0n) is 32.1. The second kappa shape index (κ2) is 14.2. The number of benzene rings is 7. The third kappa shape index (κ3) is 6.00. The van der Waals surface area contributed by atoms with Crippen LogP contribution in [0.2, 0.25) is 5.02 Å². The maximum absolute atomic E-state index is 6.49.